The Balaban J connectivity index is 1.73. The van der Waals surface area contributed by atoms with Crippen molar-refractivity contribution in [1.82, 2.24) is 10.3 Å². The van der Waals surface area contributed by atoms with Crippen molar-refractivity contribution < 1.29 is 14.3 Å². The molecule has 2 aliphatic rings. The zero-order chi connectivity index (χ0) is 19.7. The number of carbonyl (C=O) groups is 1. The van der Waals surface area contributed by atoms with Crippen LogP contribution in [0.4, 0.5) is 0 Å². The topological polar surface area (TPSA) is 63.4 Å². The summed E-state index contributed by atoms with van der Waals surface area (Å²) in [4.78, 5) is 15.7. The summed E-state index contributed by atoms with van der Waals surface area (Å²) >= 11 is 0. The van der Waals surface area contributed by atoms with Gasteiger partial charge in [-0.1, -0.05) is 13.0 Å². The molecule has 28 heavy (non-hydrogen) atoms. The molecule has 4 rings (SSSR count). The van der Waals surface area contributed by atoms with Crippen LogP contribution in [0.25, 0.3) is 5.57 Å². The Hall–Kier alpha value is -2.69. The Kier molecular flexibility index (Phi) is 5.16. The van der Waals surface area contributed by atoms with E-state index in [0.717, 1.165) is 41.3 Å². The highest BCUT2D eigenvalue weighted by molar-refractivity contribution is 6.17. The standard InChI is InChI=1S/C23H28N2O3/c1-4-15-8-9-19(28-13-16-6-7-16)18(12-15)21-17-10-11-24-22(17)20(14(3)25-21)23(26)27-5-2/h8-12,16,21,24-25H,4-7,13H2,1-3H3. The minimum Gasteiger partial charge on any atom is -0.493 e. The van der Waals surface area contributed by atoms with Crippen molar-refractivity contribution >= 4 is 11.5 Å². The fourth-order valence-electron chi connectivity index (χ4n) is 3.76. The third-order valence-corrected chi connectivity index (χ3v) is 5.52. The van der Waals surface area contributed by atoms with Gasteiger partial charge in [-0.15, -0.1) is 0 Å². The number of fused-ring (bicyclic) bond motifs is 1. The largest absolute Gasteiger partial charge is 0.493 e. The second-order valence-electron chi connectivity index (χ2n) is 7.59. The molecule has 2 heterocycles. The Bertz CT molecular complexity index is 908. The third kappa shape index (κ3) is 3.53. The number of allylic oxidation sites excluding steroid dienone is 1. The third-order valence-electron chi connectivity index (χ3n) is 5.52. The van der Waals surface area contributed by atoms with Crippen LogP contribution in [-0.4, -0.2) is 24.2 Å². The number of esters is 1. The van der Waals surface area contributed by atoms with Gasteiger partial charge in [-0.3, -0.25) is 0 Å². The molecule has 1 fully saturated rings. The van der Waals surface area contributed by atoms with Crippen LogP contribution in [0, 0.1) is 5.92 Å². The fourth-order valence-corrected chi connectivity index (χ4v) is 3.76. The zero-order valence-corrected chi connectivity index (χ0v) is 16.8. The molecule has 0 amide bonds. The van der Waals surface area contributed by atoms with Crippen LogP contribution in [0.3, 0.4) is 0 Å². The molecule has 0 spiro atoms. The number of aromatic nitrogens is 1. The summed E-state index contributed by atoms with van der Waals surface area (Å²) in [5, 5.41) is 3.54. The molecule has 1 aromatic heterocycles. The normalized spacial score (nSPS) is 18.5. The van der Waals surface area contributed by atoms with E-state index in [9.17, 15) is 4.79 Å². The first-order valence-corrected chi connectivity index (χ1v) is 10.2. The highest BCUT2D eigenvalue weighted by Gasteiger charge is 2.32. The van der Waals surface area contributed by atoms with Crippen molar-refractivity contribution in [3.05, 3.63) is 58.5 Å². The Morgan fingerprint density at radius 3 is 2.71 bits per heavy atom. The fraction of sp³-hybridized carbons (Fsp3) is 0.435. The molecule has 2 aromatic rings. The average Bonchev–Trinajstić information content (AvgIpc) is 3.40. The van der Waals surface area contributed by atoms with Gasteiger partial charge in [-0.05, 0) is 62.8 Å². The summed E-state index contributed by atoms with van der Waals surface area (Å²) in [7, 11) is 0. The van der Waals surface area contributed by atoms with Crippen molar-refractivity contribution in [3.63, 3.8) is 0 Å². The number of hydrogen-bond donors (Lipinski definition) is 2. The summed E-state index contributed by atoms with van der Waals surface area (Å²) in [6.07, 6.45) is 5.37. The van der Waals surface area contributed by atoms with Gasteiger partial charge in [0.1, 0.15) is 11.3 Å². The molecule has 1 aliphatic carbocycles. The lowest BCUT2D eigenvalue weighted by Gasteiger charge is -2.29. The lowest BCUT2D eigenvalue weighted by atomic mass is 9.90. The SMILES string of the molecule is CCOC(=O)C1=C(C)NC(c2cc(CC)ccc2OCC2CC2)c2cc[nH]c21. The van der Waals surface area contributed by atoms with Crippen LogP contribution < -0.4 is 10.1 Å². The van der Waals surface area contributed by atoms with Gasteiger partial charge in [-0.2, -0.15) is 0 Å². The smallest absolute Gasteiger partial charge is 0.342 e. The van der Waals surface area contributed by atoms with Crippen molar-refractivity contribution in [2.75, 3.05) is 13.2 Å². The van der Waals surface area contributed by atoms with Gasteiger partial charge in [0.05, 0.1) is 24.9 Å². The number of nitrogens with one attached hydrogen (secondary N) is 2. The van der Waals surface area contributed by atoms with Gasteiger partial charge >= 0.3 is 5.97 Å². The number of benzene rings is 1. The molecule has 5 nitrogen and oxygen atoms in total. The maximum absolute atomic E-state index is 12.5. The number of aromatic amines is 1. The molecule has 148 valence electrons. The van der Waals surface area contributed by atoms with E-state index >= 15 is 0 Å². The predicted octanol–water partition coefficient (Wildman–Crippen LogP) is 4.35. The molecule has 1 atom stereocenters. The highest BCUT2D eigenvalue weighted by Crippen LogP contribution is 2.40. The number of ether oxygens (including phenoxy) is 2. The van der Waals surface area contributed by atoms with Gasteiger partial charge in [0.25, 0.3) is 0 Å². The molecule has 1 unspecified atom stereocenters. The van der Waals surface area contributed by atoms with Gasteiger partial charge in [0.15, 0.2) is 0 Å². The number of hydrogen-bond acceptors (Lipinski definition) is 4. The van der Waals surface area contributed by atoms with Crippen molar-refractivity contribution in [2.45, 2.75) is 46.1 Å². The zero-order valence-electron chi connectivity index (χ0n) is 16.8. The van der Waals surface area contributed by atoms with E-state index in [1.165, 1.54) is 18.4 Å². The van der Waals surface area contributed by atoms with Crippen LogP contribution in [0.5, 0.6) is 5.75 Å². The first-order valence-electron chi connectivity index (χ1n) is 10.2. The molecule has 1 aliphatic heterocycles. The van der Waals surface area contributed by atoms with E-state index in [2.05, 4.69) is 35.4 Å². The first kappa shape index (κ1) is 18.7. The molecular weight excluding hydrogens is 352 g/mol. The summed E-state index contributed by atoms with van der Waals surface area (Å²) in [6, 6.07) is 8.41. The van der Waals surface area contributed by atoms with Crippen LogP contribution >= 0.6 is 0 Å². The van der Waals surface area contributed by atoms with Crippen molar-refractivity contribution in [3.8, 4) is 5.75 Å². The van der Waals surface area contributed by atoms with E-state index in [4.69, 9.17) is 9.47 Å². The van der Waals surface area contributed by atoms with Crippen LogP contribution in [-0.2, 0) is 16.0 Å². The highest BCUT2D eigenvalue weighted by atomic mass is 16.5. The molecule has 1 aromatic carbocycles. The minimum atomic E-state index is -0.304. The maximum atomic E-state index is 12.5. The van der Waals surface area contributed by atoms with Crippen LogP contribution in [0.2, 0.25) is 0 Å². The number of H-pyrrole nitrogens is 1. The summed E-state index contributed by atoms with van der Waals surface area (Å²) in [6.45, 7) is 7.03. The molecule has 5 heteroatoms. The molecule has 0 saturated heterocycles. The van der Waals surface area contributed by atoms with Crippen LogP contribution in [0.15, 0.2) is 36.2 Å². The molecule has 0 bridgehead atoms. The second kappa shape index (κ2) is 7.74. The van der Waals surface area contributed by atoms with Gasteiger partial charge in [0.2, 0.25) is 0 Å². The van der Waals surface area contributed by atoms with E-state index in [1.807, 2.05) is 26.1 Å². The second-order valence-corrected chi connectivity index (χ2v) is 7.59. The van der Waals surface area contributed by atoms with Gasteiger partial charge in [-0.25, -0.2) is 4.79 Å². The summed E-state index contributed by atoms with van der Waals surface area (Å²) in [5.74, 6) is 1.31. The monoisotopic (exact) mass is 380 g/mol. The number of rotatable bonds is 7. The van der Waals surface area contributed by atoms with E-state index in [1.54, 1.807) is 0 Å². The first-order chi connectivity index (χ1) is 13.6. The van der Waals surface area contributed by atoms with Crippen molar-refractivity contribution in [1.29, 1.82) is 0 Å². The summed E-state index contributed by atoms with van der Waals surface area (Å²) < 4.78 is 11.5. The Labute approximate surface area is 166 Å². The lowest BCUT2D eigenvalue weighted by molar-refractivity contribution is -0.136. The quantitative estimate of drug-likeness (QED) is 0.701. The predicted molar refractivity (Wildman–Crippen MR) is 109 cm³/mol. The van der Waals surface area contributed by atoms with E-state index in [0.29, 0.717) is 18.1 Å². The number of carbonyl (C=O) groups excluding carboxylic acids is 1. The Morgan fingerprint density at radius 1 is 1.18 bits per heavy atom. The molecule has 0 radical (unpaired) electrons. The van der Waals surface area contributed by atoms with Gasteiger partial charge < -0.3 is 19.8 Å². The number of aryl methyl sites for hydroxylation is 1. The minimum absolute atomic E-state index is 0.0693. The maximum Gasteiger partial charge on any atom is 0.342 e. The Morgan fingerprint density at radius 2 is 2.00 bits per heavy atom. The molecule has 2 N–H and O–H groups in total. The van der Waals surface area contributed by atoms with E-state index < -0.39 is 0 Å². The average molecular weight is 380 g/mol. The molecule has 1 saturated carbocycles. The lowest BCUT2D eigenvalue weighted by Crippen LogP contribution is -2.29. The van der Waals surface area contributed by atoms with Crippen molar-refractivity contribution in [2.24, 2.45) is 5.92 Å². The van der Waals surface area contributed by atoms with Crippen LogP contribution in [0.1, 0.15) is 62.0 Å². The van der Waals surface area contributed by atoms with E-state index in [-0.39, 0.29) is 12.0 Å². The molecular formula is C23H28N2O3. The van der Waals surface area contributed by atoms with Gasteiger partial charge in [0, 0.05) is 23.0 Å². The summed E-state index contributed by atoms with van der Waals surface area (Å²) in [5.41, 5.74) is 5.64.